The van der Waals surface area contributed by atoms with Crippen LogP contribution in [-0.4, -0.2) is 139 Å². The molecule has 264 valence electrons. The summed E-state index contributed by atoms with van der Waals surface area (Å²) in [6, 6.07) is 3.56. The van der Waals surface area contributed by atoms with E-state index in [9.17, 15) is 13.2 Å². The largest absolute Gasteiger partial charge is 0.401 e. The maximum atomic E-state index is 12.0. The zero-order chi connectivity index (χ0) is 33.3. The van der Waals surface area contributed by atoms with Gasteiger partial charge in [-0.2, -0.15) is 13.2 Å². The Hall–Kier alpha value is -0.450. The minimum atomic E-state index is -4.06. The third-order valence-electron chi connectivity index (χ3n) is 9.31. The molecule has 0 radical (unpaired) electrons. The number of hydrogen-bond donors (Lipinski definition) is 1. The first kappa shape index (κ1) is 41.6. The number of alkyl halides is 3. The van der Waals surface area contributed by atoms with Crippen molar-refractivity contribution < 1.29 is 13.2 Å². The van der Waals surface area contributed by atoms with Crippen molar-refractivity contribution in [3.8, 4) is 0 Å². The Kier molecular flexibility index (Phi) is 21.0. The molecule has 6 nitrogen and oxygen atoms in total. The summed E-state index contributed by atoms with van der Waals surface area (Å²) in [5, 5.41) is 3.35. The van der Waals surface area contributed by atoms with Crippen molar-refractivity contribution in [2.75, 3.05) is 78.5 Å². The van der Waals surface area contributed by atoms with Crippen molar-refractivity contribution in [2.45, 2.75) is 144 Å². The van der Waals surface area contributed by atoms with Gasteiger partial charge in [0.05, 0.1) is 6.54 Å². The molecule has 0 spiro atoms. The fraction of sp³-hybridized carbons (Fsp3) is 1.00. The van der Waals surface area contributed by atoms with Crippen LogP contribution in [0.1, 0.15) is 108 Å². The molecular formula is C35H73F3N6. The fourth-order valence-electron chi connectivity index (χ4n) is 5.86. The van der Waals surface area contributed by atoms with Crippen LogP contribution in [0.15, 0.2) is 0 Å². The normalized spacial score (nSPS) is 22.0. The summed E-state index contributed by atoms with van der Waals surface area (Å²) in [7, 11) is 0. The van der Waals surface area contributed by atoms with Crippen LogP contribution < -0.4 is 5.32 Å². The third kappa shape index (κ3) is 19.9. The number of rotatable bonds is 9. The minimum Gasteiger partial charge on any atom is -0.315 e. The van der Waals surface area contributed by atoms with Gasteiger partial charge in [-0.05, 0) is 99.2 Å². The van der Waals surface area contributed by atoms with Crippen molar-refractivity contribution in [3.05, 3.63) is 0 Å². The average molecular weight is 635 g/mol. The Morgan fingerprint density at radius 1 is 0.636 bits per heavy atom. The number of piperidine rings is 1. The second kappa shape index (κ2) is 22.2. The van der Waals surface area contributed by atoms with Gasteiger partial charge < -0.3 is 10.2 Å². The minimum absolute atomic E-state index is 0.433. The van der Waals surface area contributed by atoms with Crippen LogP contribution in [0, 0.1) is 5.92 Å². The van der Waals surface area contributed by atoms with Crippen molar-refractivity contribution in [2.24, 2.45) is 5.92 Å². The monoisotopic (exact) mass is 635 g/mol. The Bertz CT molecular complexity index is 664. The average Bonchev–Trinajstić information content (AvgIpc) is 3.80. The van der Waals surface area contributed by atoms with Crippen LogP contribution in [0.2, 0.25) is 0 Å². The van der Waals surface area contributed by atoms with Crippen molar-refractivity contribution in [3.63, 3.8) is 0 Å². The number of piperazine rings is 2. The molecule has 0 bridgehead atoms. The third-order valence-corrected chi connectivity index (χ3v) is 9.31. The highest BCUT2D eigenvalue weighted by Gasteiger charge is 2.33. The van der Waals surface area contributed by atoms with E-state index >= 15 is 0 Å². The van der Waals surface area contributed by atoms with Gasteiger partial charge in [-0.25, -0.2) is 0 Å². The standard InChI is InChI=1S/C10H20N2.C9H17F3N2.C9H19N.C7H17N/c1-9(2)11-5-7-12(8-6-11)10-3-4-10;1-8(2)14-5-3-13(4-6-14)7-9(10,11)12;1-8(2)10-6-4-9(3)5-7-10;1-4-5-6-8-7(2)3/h9-10H,3-8H2,1-2H3;8H,3-7H2,1-2H3;8-9H,4-7H2,1-3H3;7-8H,4-6H2,1-3H3. The number of nitrogens with one attached hydrogen (secondary N) is 1. The van der Waals surface area contributed by atoms with Gasteiger partial charge in [-0.15, -0.1) is 0 Å². The molecule has 0 aromatic rings. The molecule has 0 atom stereocenters. The smallest absolute Gasteiger partial charge is 0.315 e. The van der Waals surface area contributed by atoms with E-state index in [4.69, 9.17) is 0 Å². The van der Waals surface area contributed by atoms with E-state index in [-0.39, 0.29) is 0 Å². The van der Waals surface area contributed by atoms with E-state index in [2.05, 4.69) is 94.2 Å². The summed E-state index contributed by atoms with van der Waals surface area (Å²) in [4.78, 5) is 11.5. The molecule has 3 aliphatic heterocycles. The van der Waals surface area contributed by atoms with Crippen LogP contribution >= 0.6 is 0 Å². The number of nitrogens with zero attached hydrogens (tertiary/aromatic N) is 5. The van der Waals surface area contributed by atoms with Crippen molar-refractivity contribution in [1.29, 1.82) is 0 Å². The van der Waals surface area contributed by atoms with E-state index in [0.29, 0.717) is 25.2 Å². The maximum Gasteiger partial charge on any atom is 0.401 e. The molecule has 0 unspecified atom stereocenters. The fourth-order valence-corrected chi connectivity index (χ4v) is 5.86. The molecule has 1 saturated carbocycles. The topological polar surface area (TPSA) is 28.2 Å². The highest BCUT2D eigenvalue weighted by atomic mass is 19.4. The molecule has 0 aromatic carbocycles. The summed E-state index contributed by atoms with van der Waals surface area (Å²) in [6.07, 6.45) is 4.26. The van der Waals surface area contributed by atoms with Crippen LogP contribution in [0.25, 0.3) is 0 Å². The van der Waals surface area contributed by atoms with Crippen LogP contribution in [0.3, 0.4) is 0 Å². The molecule has 44 heavy (non-hydrogen) atoms. The van der Waals surface area contributed by atoms with Crippen molar-refractivity contribution >= 4 is 0 Å². The van der Waals surface area contributed by atoms with E-state index in [1.54, 1.807) is 0 Å². The van der Waals surface area contributed by atoms with E-state index in [0.717, 1.165) is 37.1 Å². The van der Waals surface area contributed by atoms with Crippen LogP contribution in [0.5, 0.6) is 0 Å². The first-order chi connectivity index (χ1) is 20.6. The molecular weight excluding hydrogens is 561 g/mol. The number of unbranched alkanes of at least 4 members (excludes halogenated alkanes) is 1. The van der Waals surface area contributed by atoms with Gasteiger partial charge in [-0.3, -0.25) is 19.6 Å². The molecule has 1 N–H and O–H groups in total. The van der Waals surface area contributed by atoms with E-state index < -0.39 is 12.7 Å². The number of hydrogen-bond acceptors (Lipinski definition) is 6. The van der Waals surface area contributed by atoms with Crippen LogP contribution in [-0.2, 0) is 0 Å². The Labute approximate surface area is 271 Å². The molecule has 3 saturated heterocycles. The van der Waals surface area contributed by atoms with Gasteiger partial charge in [0.1, 0.15) is 0 Å². The summed E-state index contributed by atoms with van der Waals surface area (Å²) in [6.45, 7) is 33.0. The maximum absolute atomic E-state index is 12.0. The zero-order valence-electron chi connectivity index (χ0n) is 30.6. The first-order valence-corrected chi connectivity index (χ1v) is 18.1. The second-order valence-electron chi connectivity index (χ2n) is 14.7. The van der Waals surface area contributed by atoms with Gasteiger partial charge in [0, 0.05) is 82.6 Å². The Morgan fingerprint density at radius 2 is 1.07 bits per heavy atom. The van der Waals surface area contributed by atoms with Gasteiger partial charge in [0.25, 0.3) is 0 Å². The lowest BCUT2D eigenvalue weighted by atomic mass is 9.98. The lowest BCUT2D eigenvalue weighted by Crippen LogP contribution is -2.50. The first-order valence-electron chi connectivity index (χ1n) is 18.1. The summed E-state index contributed by atoms with van der Waals surface area (Å²) in [5.74, 6) is 0.968. The number of likely N-dealkylation sites (tertiary alicyclic amines) is 1. The predicted molar refractivity (Wildman–Crippen MR) is 184 cm³/mol. The summed E-state index contributed by atoms with van der Waals surface area (Å²) >= 11 is 0. The molecule has 9 heteroatoms. The molecule has 0 amide bonds. The quantitative estimate of drug-likeness (QED) is 0.285. The predicted octanol–water partition coefficient (Wildman–Crippen LogP) is 6.66. The van der Waals surface area contributed by atoms with Gasteiger partial charge in [-0.1, -0.05) is 34.1 Å². The highest BCUT2D eigenvalue weighted by Crippen LogP contribution is 2.27. The molecule has 4 fully saturated rings. The molecule has 0 aromatic heterocycles. The molecule has 3 heterocycles. The van der Waals surface area contributed by atoms with E-state index in [1.165, 1.54) is 89.2 Å². The zero-order valence-corrected chi connectivity index (χ0v) is 30.6. The molecule has 4 aliphatic rings. The van der Waals surface area contributed by atoms with Gasteiger partial charge >= 0.3 is 6.18 Å². The lowest BCUT2D eigenvalue weighted by Gasteiger charge is -2.37. The summed E-state index contributed by atoms with van der Waals surface area (Å²) in [5.41, 5.74) is 0. The van der Waals surface area contributed by atoms with Crippen LogP contribution in [0.4, 0.5) is 13.2 Å². The van der Waals surface area contributed by atoms with Gasteiger partial charge in [0.15, 0.2) is 0 Å². The SMILES string of the molecule is CC(C)N1CCN(C2CC2)CC1.CC(C)N1CCN(CC(F)(F)F)CC1.CC1CCN(C(C)C)CC1.CCCCNC(C)C. The highest BCUT2D eigenvalue weighted by molar-refractivity contribution is 4.88. The molecule has 4 rings (SSSR count). The Morgan fingerprint density at radius 3 is 1.43 bits per heavy atom. The van der Waals surface area contributed by atoms with Crippen molar-refractivity contribution in [1.82, 2.24) is 29.8 Å². The number of halogens is 3. The Balaban J connectivity index is 0.000000300. The summed E-state index contributed by atoms with van der Waals surface area (Å²) < 4.78 is 36.1. The van der Waals surface area contributed by atoms with Gasteiger partial charge in [0.2, 0.25) is 0 Å². The van der Waals surface area contributed by atoms with E-state index in [1.807, 2.05) is 0 Å². The second-order valence-corrected chi connectivity index (χ2v) is 14.7. The molecule has 1 aliphatic carbocycles. The lowest BCUT2D eigenvalue weighted by molar-refractivity contribution is -0.149.